The summed E-state index contributed by atoms with van der Waals surface area (Å²) in [5.74, 6) is 0.679. The van der Waals surface area contributed by atoms with Crippen LogP contribution in [0.1, 0.15) is 12.7 Å². The van der Waals surface area contributed by atoms with E-state index in [9.17, 15) is 9.59 Å². The quantitative estimate of drug-likeness (QED) is 0.425. The van der Waals surface area contributed by atoms with Gasteiger partial charge in [0.2, 0.25) is 11.8 Å². The number of hydrogen-bond acceptors (Lipinski definition) is 6. The van der Waals surface area contributed by atoms with Crippen molar-refractivity contribution in [3.05, 3.63) is 58.3 Å². The number of amides is 2. The first-order valence-electron chi connectivity index (χ1n) is 9.64. The first kappa shape index (κ1) is 23.9. The number of para-hydroxylation sites is 2. The zero-order chi connectivity index (χ0) is 23.1. The topological polar surface area (TPSA) is 98.1 Å². The number of thioether (sulfide) groups is 1. The summed E-state index contributed by atoms with van der Waals surface area (Å²) < 4.78 is 7.05. The molecule has 0 aliphatic carbocycles. The van der Waals surface area contributed by atoms with Crippen molar-refractivity contribution in [1.29, 1.82) is 0 Å². The van der Waals surface area contributed by atoms with Crippen molar-refractivity contribution < 1.29 is 14.3 Å². The van der Waals surface area contributed by atoms with Crippen LogP contribution in [0.25, 0.3) is 0 Å². The number of carbonyl (C=O) groups excluding carboxylic acids is 2. The molecule has 0 saturated carbocycles. The number of anilines is 2. The maximum Gasteiger partial charge on any atom is 0.234 e. The summed E-state index contributed by atoms with van der Waals surface area (Å²) in [5.41, 5.74) is 1.06. The minimum Gasteiger partial charge on any atom is -0.495 e. The lowest BCUT2D eigenvalue weighted by Gasteiger charge is -2.10. The third-order valence-corrected chi connectivity index (χ3v) is 5.86. The number of ether oxygens (including phenoxy) is 1. The van der Waals surface area contributed by atoms with Crippen LogP contribution in [0.4, 0.5) is 11.4 Å². The van der Waals surface area contributed by atoms with E-state index in [4.69, 9.17) is 27.9 Å². The van der Waals surface area contributed by atoms with E-state index in [0.717, 1.165) is 0 Å². The highest BCUT2D eigenvalue weighted by atomic mass is 35.5. The second-order valence-corrected chi connectivity index (χ2v) is 8.32. The fourth-order valence-corrected chi connectivity index (χ4v) is 4.14. The van der Waals surface area contributed by atoms with E-state index in [0.29, 0.717) is 44.7 Å². The second-order valence-electron chi connectivity index (χ2n) is 6.53. The van der Waals surface area contributed by atoms with E-state index >= 15 is 0 Å². The number of aromatic nitrogens is 3. The van der Waals surface area contributed by atoms with Gasteiger partial charge in [-0.25, -0.2) is 0 Å². The van der Waals surface area contributed by atoms with E-state index in [1.165, 1.54) is 11.8 Å². The molecular weight excluding hydrogens is 473 g/mol. The molecule has 3 rings (SSSR count). The highest BCUT2D eigenvalue weighted by Crippen LogP contribution is 2.26. The zero-order valence-electron chi connectivity index (χ0n) is 17.4. The summed E-state index contributed by atoms with van der Waals surface area (Å²) in [7, 11) is 1.54. The Morgan fingerprint density at radius 3 is 2.53 bits per heavy atom. The van der Waals surface area contributed by atoms with Gasteiger partial charge < -0.3 is 19.9 Å². The molecule has 0 unspecified atom stereocenters. The van der Waals surface area contributed by atoms with E-state index in [1.807, 2.05) is 19.1 Å². The van der Waals surface area contributed by atoms with Gasteiger partial charge in [-0.05, 0) is 37.3 Å². The van der Waals surface area contributed by atoms with Crippen LogP contribution < -0.4 is 15.4 Å². The predicted molar refractivity (Wildman–Crippen MR) is 127 cm³/mol. The van der Waals surface area contributed by atoms with Crippen LogP contribution in [0.5, 0.6) is 5.75 Å². The smallest absolute Gasteiger partial charge is 0.234 e. The summed E-state index contributed by atoms with van der Waals surface area (Å²) >= 11 is 13.2. The summed E-state index contributed by atoms with van der Waals surface area (Å²) in [6.45, 7) is 2.47. The number of nitrogens with one attached hydrogen (secondary N) is 2. The molecule has 2 aromatic carbocycles. The maximum atomic E-state index is 12.5. The van der Waals surface area contributed by atoms with Gasteiger partial charge in [-0.2, -0.15) is 0 Å². The van der Waals surface area contributed by atoms with Gasteiger partial charge in [0.05, 0.1) is 35.7 Å². The van der Waals surface area contributed by atoms with E-state index < -0.39 is 0 Å². The number of rotatable bonds is 9. The first-order chi connectivity index (χ1) is 15.4. The van der Waals surface area contributed by atoms with Crippen LogP contribution in [-0.2, 0) is 22.6 Å². The van der Waals surface area contributed by atoms with Crippen molar-refractivity contribution in [3.63, 3.8) is 0 Å². The molecule has 3 aromatic rings. The van der Waals surface area contributed by atoms with Crippen LogP contribution in [0.2, 0.25) is 10.0 Å². The van der Waals surface area contributed by atoms with Crippen molar-refractivity contribution in [2.45, 2.75) is 25.0 Å². The Morgan fingerprint density at radius 1 is 1.06 bits per heavy atom. The van der Waals surface area contributed by atoms with Crippen LogP contribution in [0.3, 0.4) is 0 Å². The van der Waals surface area contributed by atoms with Gasteiger partial charge >= 0.3 is 0 Å². The molecule has 0 aliphatic rings. The van der Waals surface area contributed by atoms with Crippen molar-refractivity contribution in [1.82, 2.24) is 14.8 Å². The van der Waals surface area contributed by atoms with E-state index in [-0.39, 0.29) is 24.0 Å². The molecule has 0 fully saturated rings. The van der Waals surface area contributed by atoms with Crippen LogP contribution in [0, 0.1) is 0 Å². The molecule has 2 N–H and O–H groups in total. The number of carbonyl (C=O) groups is 2. The summed E-state index contributed by atoms with van der Waals surface area (Å²) in [6.07, 6.45) is 0.0338. The Morgan fingerprint density at radius 2 is 1.81 bits per heavy atom. The molecule has 11 heteroatoms. The molecule has 0 bridgehead atoms. The summed E-state index contributed by atoms with van der Waals surface area (Å²) in [4.78, 5) is 24.8. The monoisotopic (exact) mass is 493 g/mol. The van der Waals surface area contributed by atoms with Gasteiger partial charge in [0, 0.05) is 11.6 Å². The van der Waals surface area contributed by atoms with Crippen molar-refractivity contribution in [2.75, 3.05) is 23.5 Å². The van der Waals surface area contributed by atoms with Gasteiger partial charge in [0.15, 0.2) is 5.16 Å². The maximum absolute atomic E-state index is 12.5. The molecule has 0 aliphatic heterocycles. The van der Waals surface area contributed by atoms with Crippen molar-refractivity contribution in [2.24, 2.45) is 0 Å². The van der Waals surface area contributed by atoms with Crippen LogP contribution >= 0.6 is 35.0 Å². The van der Waals surface area contributed by atoms with E-state index in [1.54, 1.807) is 42.0 Å². The van der Waals surface area contributed by atoms with Gasteiger partial charge in [-0.1, -0.05) is 47.1 Å². The third-order valence-electron chi connectivity index (χ3n) is 4.35. The first-order valence-corrected chi connectivity index (χ1v) is 11.4. The highest BCUT2D eigenvalue weighted by molar-refractivity contribution is 7.99. The second kappa shape index (κ2) is 11.2. The molecule has 1 heterocycles. The SMILES string of the molecule is CCn1c(CC(=O)Nc2ccccc2OC)nnc1SCC(=O)Nc1ccc(Cl)cc1Cl. The normalized spacial score (nSPS) is 10.6. The minimum absolute atomic E-state index is 0.0338. The third kappa shape index (κ3) is 6.15. The lowest BCUT2D eigenvalue weighted by molar-refractivity contribution is -0.116. The standard InChI is InChI=1S/C21H21Cl2N5O3S/c1-3-28-18(11-19(29)25-16-6-4-5-7-17(16)31-2)26-27-21(28)32-12-20(30)24-15-9-8-13(22)10-14(15)23/h4-10H,3,11-12H2,1-2H3,(H,24,30)(H,25,29). The number of benzene rings is 2. The Labute approximate surface area is 199 Å². The fourth-order valence-electron chi connectivity index (χ4n) is 2.87. The molecule has 0 saturated heterocycles. The summed E-state index contributed by atoms with van der Waals surface area (Å²) in [6, 6.07) is 12.0. The minimum atomic E-state index is -0.250. The molecule has 0 radical (unpaired) electrons. The number of hydrogen-bond donors (Lipinski definition) is 2. The average molecular weight is 494 g/mol. The largest absolute Gasteiger partial charge is 0.495 e. The Bertz CT molecular complexity index is 1120. The molecule has 0 atom stereocenters. The Balaban J connectivity index is 1.60. The van der Waals surface area contributed by atoms with Crippen molar-refractivity contribution >= 4 is 58.2 Å². The molecule has 32 heavy (non-hydrogen) atoms. The Kier molecular flexibility index (Phi) is 8.38. The lowest BCUT2D eigenvalue weighted by Crippen LogP contribution is -2.18. The zero-order valence-corrected chi connectivity index (χ0v) is 19.7. The van der Waals surface area contributed by atoms with Crippen LogP contribution in [-0.4, -0.2) is 39.4 Å². The van der Waals surface area contributed by atoms with Gasteiger partial charge in [-0.15, -0.1) is 10.2 Å². The van der Waals surface area contributed by atoms with Gasteiger partial charge in [0.25, 0.3) is 0 Å². The molecule has 0 spiro atoms. The van der Waals surface area contributed by atoms with Crippen LogP contribution in [0.15, 0.2) is 47.6 Å². The Hall–Kier alpha value is -2.75. The number of methoxy groups -OCH3 is 1. The van der Waals surface area contributed by atoms with Gasteiger partial charge in [-0.3, -0.25) is 9.59 Å². The fraction of sp³-hybridized carbons (Fsp3) is 0.238. The predicted octanol–water partition coefficient (Wildman–Crippen LogP) is 4.53. The molecular formula is C21H21Cl2N5O3S. The molecule has 2 amide bonds. The van der Waals surface area contributed by atoms with Gasteiger partial charge in [0.1, 0.15) is 11.6 Å². The molecule has 168 valence electrons. The van der Waals surface area contributed by atoms with E-state index in [2.05, 4.69) is 20.8 Å². The molecule has 8 nitrogen and oxygen atoms in total. The number of nitrogens with zero attached hydrogens (tertiary/aromatic N) is 3. The molecule has 1 aromatic heterocycles. The summed E-state index contributed by atoms with van der Waals surface area (Å²) in [5, 5.41) is 15.2. The van der Waals surface area contributed by atoms with Crippen molar-refractivity contribution in [3.8, 4) is 5.75 Å². The number of halogens is 2. The highest BCUT2D eigenvalue weighted by Gasteiger charge is 2.17. The average Bonchev–Trinajstić information content (AvgIpc) is 3.15. The lowest BCUT2D eigenvalue weighted by atomic mass is 10.2.